The van der Waals surface area contributed by atoms with Gasteiger partial charge in [0.15, 0.2) is 11.5 Å². The third-order valence-electron chi connectivity index (χ3n) is 4.37. The lowest BCUT2D eigenvalue weighted by Crippen LogP contribution is -2.40. The van der Waals surface area contributed by atoms with E-state index in [1.165, 1.54) is 6.26 Å². The predicted molar refractivity (Wildman–Crippen MR) is 93.1 cm³/mol. The molecule has 0 saturated heterocycles. The maximum atomic E-state index is 12.3. The molecule has 6 heteroatoms. The topological polar surface area (TPSA) is 55.8 Å². The van der Waals surface area contributed by atoms with Gasteiger partial charge in [0, 0.05) is 6.54 Å². The van der Waals surface area contributed by atoms with Crippen molar-refractivity contribution in [3.63, 3.8) is 0 Å². The minimum absolute atomic E-state index is 0.357. The molecule has 0 saturated carbocycles. The van der Waals surface area contributed by atoms with E-state index >= 15 is 0 Å². The van der Waals surface area contributed by atoms with Gasteiger partial charge in [0.05, 0.1) is 26.5 Å². The molecule has 0 radical (unpaired) electrons. The maximum Gasteiger partial charge on any atom is 0.212 e. The van der Waals surface area contributed by atoms with Crippen LogP contribution in [0.5, 0.6) is 11.5 Å². The van der Waals surface area contributed by atoms with Gasteiger partial charge in [-0.25, -0.2) is 8.42 Å². The molecule has 2 aromatic rings. The summed E-state index contributed by atoms with van der Waals surface area (Å²) >= 11 is 0. The minimum Gasteiger partial charge on any atom is -0.493 e. The summed E-state index contributed by atoms with van der Waals surface area (Å²) < 4.78 is 37.0. The number of nitrogens with zero attached hydrogens (tertiary/aromatic N) is 1. The fourth-order valence-corrected chi connectivity index (χ4v) is 4.30. The second kappa shape index (κ2) is 6.45. The van der Waals surface area contributed by atoms with Gasteiger partial charge in [-0.2, -0.15) is 4.31 Å². The number of methoxy groups -OCH3 is 2. The van der Waals surface area contributed by atoms with Crippen LogP contribution in [0.4, 0.5) is 0 Å². The summed E-state index contributed by atoms with van der Waals surface area (Å²) in [6.07, 6.45) is 1.90. The van der Waals surface area contributed by atoms with E-state index in [9.17, 15) is 8.42 Å². The Morgan fingerprint density at radius 2 is 1.67 bits per heavy atom. The predicted octanol–water partition coefficient (Wildman–Crippen LogP) is 2.61. The van der Waals surface area contributed by atoms with Crippen molar-refractivity contribution in [1.29, 1.82) is 0 Å². The van der Waals surface area contributed by atoms with Crippen LogP contribution in [-0.4, -0.2) is 39.7 Å². The first-order valence-corrected chi connectivity index (χ1v) is 9.57. The maximum absolute atomic E-state index is 12.3. The van der Waals surface area contributed by atoms with E-state index in [-0.39, 0.29) is 6.04 Å². The lowest BCUT2D eigenvalue weighted by atomic mass is 9.89. The van der Waals surface area contributed by atoms with Crippen LogP contribution in [-0.2, 0) is 16.4 Å². The number of hydrogen-bond acceptors (Lipinski definition) is 4. The third kappa shape index (κ3) is 2.99. The molecule has 0 spiro atoms. The highest BCUT2D eigenvalue weighted by Gasteiger charge is 2.35. The first-order valence-electron chi connectivity index (χ1n) is 7.72. The molecule has 24 heavy (non-hydrogen) atoms. The highest BCUT2D eigenvalue weighted by molar-refractivity contribution is 7.88. The Morgan fingerprint density at radius 1 is 1.04 bits per heavy atom. The van der Waals surface area contributed by atoms with E-state index < -0.39 is 10.0 Å². The molecule has 1 heterocycles. The van der Waals surface area contributed by atoms with Crippen LogP contribution in [0.15, 0.2) is 42.5 Å². The molecule has 0 bridgehead atoms. The summed E-state index contributed by atoms with van der Waals surface area (Å²) in [5.41, 5.74) is 2.97. The molecule has 0 aromatic heterocycles. The molecule has 0 amide bonds. The Kier molecular flexibility index (Phi) is 4.51. The zero-order valence-electron chi connectivity index (χ0n) is 14.0. The lowest BCUT2D eigenvalue weighted by Gasteiger charge is -2.36. The summed E-state index contributed by atoms with van der Waals surface area (Å²) in [7, 11) is -0.156. The zero-order valence-corrected chi connectivity index (χ0v) is 14.8. The van der Waals surface area contributed by atoms with Gasteiger partial charge in [0.25, 0.3) is 0 Å². The van der Waals surface area contributed by atoms with Crippen LogP contribution in [0.3, 0.4) is 0 Å². The summed E-state index contributed by atoms with van der Waals surface area (Å²) in [6, 6.07) is 13.2. The third-order valence-corrected chi connectivity index (χ3v) is 5.62. The molecule has 0 N–H and O–H groups in total. The van der Waals surface area contributed by atoms with Crippen molar-refractivity contribution < 1.29 is 17.9 Å². The lowest BCUT2D eigenvalue weighted by molar-refractivity contribution is 0.333. The van der Waals surface area contributed by atoms with Gasteiger partial charge < -0.3 is 9.47 Å². The standard InChI is InChI=1S/C18H21NO4S/c1-22-16-11-14-9-10-19(24(3,20)21)18(13-7-5-4-6-8-13)15(14)12-17(16)23-2/h4-8,11-12,18H,9-10H2,1-3H3. The average molecular weight is 347 g/mol. The summed E-state index contributed by atoms with van der Waals surface area (Å²) in [6.45, 7) is 0.445. The minimum atomic E-state index is -3.34. The Labute approximate surface area is 142 Å². The Hall–Kier alpha value is -2.05. The van der Waals surface area contributed by atoms with E-state index in [0.29, 0.717) is 24.5 Å². The second-order valence-corrected chi connectivity index (χ2v) is 7.78. The molecular formula is C18H21NO4S. The number of sulfonamides is 1. The van der Waals surface area contributed by atoms with E-state index in [1.807, 2.05) is 42.5 Å². The summed E-state index contributed by atoms with van der Waals surface area (Å²) in [4.78, 5) is 0. The normalized spacial score (nSPS) is 18.0. The molecular weight excluding hydrogens is 326 g/mol. The monoisotopic (exact) mass is 347 g/mol. The quantitative estimate of drug-likeness (QED) is 0.853. The van der Waals surface area contributed by atoms with Crippen molar-refractivity contribution in [3.05, 3.63) is 59.2 Å². The molecule has 3 rings (SSSR count). The van der Waals surface area contributed by atoms with E-state index in [1.54, 1.807) is 18.5 Å². The van der Waals surface area contributed by atoms with E-state index in [4.69, 9.17) is 9.47 Å². The molecule has 1 aliphatic rings. The number of benzene rings is 2. The first kappa shape index (κ1) is 16.8. The van der Waals surface area contributed by atoms with Crippen molar-refractivity contribution in [3.8, 4) is 11.5 Å². The van der Waals surface area contributed by atoms with Crippen LogP contribution in [0.1, 0.15) is 22.7 Å². The summed E-state index contributed by atoms with van der Waals surface area (Å²) in [5, 5.41) is 0. The fourth-order valence-electron chi connectivity index (χ4n) is 3.26. The van der Waals surface area contributed by atoms with Gasteiger partial charge in [0.2, 0.25) is 10.0 Å². The molecule has 0 aliphatic carbocycles. The van der Waals surface area contributed by atoms with Crippen LogP contribution in [0, 0.1) is 0 Å². The van der Waals surface area contributed by atoms with Crippen LogP contribution in [0.2, 0.25) is 0 Å². The van der Waals surface area contributed by atoms with Crippen LogP contribution in [0.25, 0.3) is 0 Å². The van der Waals surface area contributed by atoms with Gasteiger partial charge in [-0.05, 0) is 35.2 Å². The van der Waals surface area contributed by atoms with Gasteiger partial charge in [0.1, 0.15) is 0 Å². The highest BCUT2D eigenvalue weighted by atomic mass is 32.2. The zero-order chi connectivity index (χ0) is 17.3. The molecule has 5 nitrogen and oxygen atoms in total. The van der Waals surface area contributed by atoms with Crippen molar-refractivity contribution in [2.75, 3.05) is 27.0 Å². The second-order valence-electron chi connectivity index (χ2n) is 5.84. The van der Waals surface area contributed by atoms with Gasteiger partial charge in [-0.3, -0.25) is 0 Å². The highest BCUT2D eigenvalue weighted by Crippen LogP contribution is 2.41. The number of hydrogen-bond donors (Lipinski definition) is 0. The van der Waals surface area contributed by atoms with Crippen molar-refractivity contribution in [2.24, 2.45) is 0 Å². The largest absolute Gasteiger partial charge is 0.493 e. The molecule has 0 fully saturated rings. The Bertz CT molecular complexity index is 834. The SMILES string of the molecule is COc1cc2c(cc1OC)C(c1ccccc1)N(S(C)(=O)=O)CC2. The molecule has 1 atom stereocenters. The number of rotatable bonds is 4. The molecule has 1 aliphatic heterocycles. The van der Waals surface area contributed by atoms with Gasteiger partial charge >= 0.3 is 0 Å². The fraction of sp³-hybridized carbons (Fsp3) is 0.333. The summed E-state index contributed by atoms with van der Waals surface area (Å²) in [5.74, 6) is 1.27. The van der Waals surface area contributed by atoms with E-state index in [0.717, 1.165) is 16.7 Å². The number of ether oxygens (including phenoxy) is 2. The van der Waals surface area contributed by atoms with Gasteiger partial charge in [-0.15, -0.1) is 0 Å². The van der Waals surface area contributed by atoms with Crippen molar-refractivity contribution in [1.82, 2.24) is 4.31 Å². The molecule has 128 valence electrons. The first-order chi connectivity index (χ1) is 11.5. The Morgan fingerprint density at radius 3 is 2.25 bits per heavy atom. The average Bonchev–Trinajstić information content (AvgIpc) is 2.59. The van der Waals surface area contributed by atoms with Crippen molar-refractivity contribution in [2.45, 2.75) is 12.5 Å². The van der Waals surface area contributed by atoms with E-state index in [2.05, 4.69) is 0 Å². The Balaban J connectivity index is 2.21. The van der Waals surface area contributed by atoms with Crippen LogP contribution < -0.4 is 9.47 Å². The van der Waals surface area contributed by atoms with Gasteiger partial charge in [-0.1, -0.05) is 30.3 Å². The molecule has 1 unspecified atom stereocenters. The van der Waals surface area contributed by atoms with Crippen molar-refractivity contribution >= 4 is 10.0 Å². The molecule has 2 aromatic carbocycles. The van der Waals surface area contributed by atoms with Crippen LogP contribution >= 0.6 is 0 Å². The smallest absolute Gasteiger partial charge is 0.212 e. The number of fused-ring (bicyclic) bond motifs is 1.